The van der Waals surface area contributed by atoms with Gasteiger partial charge in [0.2, 0.25) is 15.9 Å². The van der Waals surface area contributed by atoms with Crippen molar-refractivity contribution in [2.24, 2.45) is 0 Å². The zero-order valence-corrected chi connectivity index (χ0v) is 10.1. The average Bonchev–Trinajstić information content (AvgIpc) is 2.67. The first-order valence-corrected chi connectivity index (χ1v) is 6.71. The molecule has 1 atom stereocenters. The van der Waals surface area contributed by atoms with Crippen LogP contribution in [0.5, 0.6) is 0 Å². The molecule has 1 fully saturated rings. The maximum Gasteiger partial charge on any atom is 0.240 e. The molecule has 1 aromatic rings. The number of anilines is 1. The van der Waals surface area contributed by atoms with E-state index >= 15 is 0 Å². The van der Waals surface area contributed by atoms with E-state index in [-0.39, 0.29) is 29.5 Å². The molecular formula is C10H12FN3O3S. The van der Waals surface area contributed by atoms with Gasteiger partial charge in [-0.15, -0.1) is 0 Å². The van der Waals surface area contributed by atoms with Crippen LogP contribution in [0.1, 0.15) is 6.42 Å². The summed E-state index contributed by atoms with van der Waals surface area (Å²) in [6.07, 6.45) is 0.0800. The fourth-order valence-corrected chi connectivity index (χ4v) is 2.90. The number of sulfonamides is 1. The van der Waals surface area contributed by atoms with Crippen molar-refractivity contribution < 1.29 is 17.6 Å². The topological polar surface area (TPSA) is 101 Å². The maximum atomic E-state index is 13.2. The van der Waals surface area contributed by atoms with Gasteiger partial charge in [0.15, 0.2) is 0 Å². The van der Waals surface area contributed by atoms with E-state index in [2.05, 4.69) is 10.0 Å². The third-order valence-corrected chi connectivity index (χ3v) is 4.10. The fraction of sp³-hybridized carbons (Fsp3) is 0.300. The molecule has 1 saturated heterocycles. The summed E-state index contributed by atoms with van der Waals surface area (Å²) < 4.78 is 39.3. The van der Waals surface area contributed by atoms with Crippen LogP contribution in [0.3, 0.4) is 0 Å². The minimum atomic E-state index is -3.84. The van der Waals surface area contributed by atoms with Gasteiger partial charge in [0.05, 0.1) is 10.6 Å². The fourth-order valence-electron chi connectivity index (χ4n) is 1.65. The molecule has 1 aromatic carbocycles. The van der Waals surface area contributed by atoms with Crippen molar-refractivity contribution in [1.29, 1.82) is 0 Å². The third kappa shape index (κ3) is 2.59. The predicted molar refractivity (Wildman–Crippen MR) is 62.5 cm³/mol. The zero-order chi connectivity index (χ0) is 13.3. The molecule has 0 radical (unpaired) electrons. The van der Waals surface area contributed by atoms with Gasteiger partial charge in [0.25, 0.3) is 0 Å². The van der Waals surface area contributed by atoms with Crippen LogP contribution in [0, 0.1) is 5.82 Å². The molecule has 0 spiro atoms. The van der Waals surface area contributed by atoms with Gasteiger partial charge >= 0.3 is 0 Å². The molecule has 8 heteroatoms. The van der Waals surface area contributed by atoms with E-state index in [0.717, 1.165) is 6.07 Å². The largest absolute Gasteiger partial charge is 0.396 e. The lowest BCUT2D eigenvalue weighted by Gasteiger charge is -2.11. The monoisotopic (exact) mass is 273 g/mol. The smallest absolute Gasteiger partial charge is 0.240 e. The third-order valence-electron chi connectivity index (χ3n) is 2.58. The van der Waals surface area contributed by atoms with Crippen molar-refractivity contribution in [3.05, 3.63) is 24.0 Å². The highest BCUT2D eigenvalue weighted by Gasteiger charge is 2.27. The summed E-state index contributed by atoms with van der Waals surface area (Å²) >= 11 is 0. The van der Waals surface area contributed by atoms with Crippen LogP contribution < -0.4 is 15.8 Å². The van der Waals surface area contributed by atoms with E-state index in [9.17, 15) is 17.6 Å². The molecule has 4 N–H and O–H groups in total. The van der Waals surface area contributed by atoms with Crippen molar-refractivity contribution in [3.8, 4) is 0 Å². The van der Waals surface area contributed by atoms with Crippen molar-refractivity contribution >= 4 is 21.6 Å². The highest BCUT2D eigenvalue weighted by molar-refractivity contribution is 7.89. The number of nitrogens with two attached hydrogens (primary N) is 1. The molecule has 2 rings (SSSR count). The van der Waals surface area contributed by atoms with Gasteiger partial charge in [0.1, 0.15) is 5.82 Å². The Labute approximate surface area is 103 Å². The average molecular weight is 273 g/mol. The van der Waals surface area contributed by atoms with E-state index in [0.29, 0.717) is 0 Å². The number of halogens is 1. The maximum absolute atomic E-state index is 13.2. The van der Waals surface area contributed by atoms with Crippen LogP contribution in [-0.4, -0.2) is 26.9 Å². The number of amides is 1. The first kappa shape index (κ1) is 12.8. The molecule has 0 bridgehead atoms. The quantitative estimate of drug-likeness (QED) is 0.651. The molecule has 98 valence electrons. The Balaban J connectivity index is 2.20. The molecule has 18 heavy (non-hydrogen) atoms. The summed E-state index contributed by atoms with van der Waals surface area (Å²) in [5.74, 6) is -1.01. The molecule has 1 aliphatic rings. The Kier molecular flexibility index (Phi) is 3.22. The van der Waals surface area contributed by atoms with E-state index < -0.39 is 21.9 Å². The standard InChI is InChI=1S/C10H12FN3O3S/c11-8-4-7(1-2-9(8)12)18(16,17)14-6-3-10(15)13-5-6/h1-2,4,6,14H,3,5,12H2,(H,13,15). The molecule has 1 heterocycles. The Morgan fingerprint density at radius 2 is 2.17 bits per heavy atom. The molecule has 0 aliphatic carbocycles. The number of benzene rings is 1. The van der Waals surface area contributed by atoms with Crippen LogP contribution >= 0.6 is 0 Å². The van der Waals surface area contributed by atoms with E-state index in [1.807, 2.05) is 0 Å². The zero-order valence-electron chi connectivity index (χ0n) is 9.31. The van der Waals surface area contributed by atoms with Crippen molar-refractivity contribution in [2.45, 2.75) is 17.4 Å². The van der Waals surface area contributed by atoms with Gasteiger partial charge in [-0.3, -0.25) is 4.79 Å². The van der Waals surface area contributed by atoms with Crippen LogP contribution in [0.4, 0.5) is 10.1 Å². The summed E-state index contributed by atoms with van der Waals surface area (Å²) in [5, 5.41) is 2.50. The van der Waals surface area contributed by atoms with Crippen molar-refractivity contribution in [2.75, 3.05) is 12.3 Å². The van der Waals surface area contributed by atoms with Gasteiger partial charge < -0.3 is 11.1 Å². The first-order chi connectivity index (χ1) is 8.38. The number of carbonyl (C=O) groups excluding carboxylic acids is 1. The van der Waals surface area contributed by atoms with Crippen molar-refractivity contribution in [1.82, 2.24) is 10.0 Å². The molecule has 1 aliphatic heterocycles. The highest BCUT2D eigenvalue weighted by atomic mass is 32.2. The van der Waals surface area contributed by atoms with Gasteiger partial charge in [-0.05, 0) is 18.2 Å². The van der Waals surface area contributed by atoms with Crippen molar-refractivity contribution in [3.63, 3.8) is 0 Å². The second-order valence-corrected chi connectivity index (χ2v) is 5.72. The van der Waals surface area contributed by atoms with Gasteiger partial charge in [-0.1, -0.05) is 0 Å². The molecular weight excluding hydrogens is 261 g/mol. The second kappa shape index (κ2) is 4.54. The minimum absolute atomic E-state index is 0.0800. The Bertz CT molecular complexity index is 588. The molecule has 0 aromatic heterocycles. The minimum Gasteiger partial charge on any atom is -0.396 e. The summed E-state index contributed by atoms with van der Waals surface area (Å²) in [5.41, 5.74) is 5.15. The summed E-state index contributed by atoms with van der Waals surface area (Å²) in [6, 6.07) is 2.73. The summed E-state index contributed by atoms with van der Waals surface area (Å²) in [6.45, 7) is 0.232. The van der Waals surface area contributed by atoms with Gasteiger partial charge in [0, 0.05) is 19.0 Å². The predicted octanol–water partition coefficient (Wildman–Crippen LogP) is -0.425. The van der Waals surface area contributed by atoms with Crippen LogP contribution in [0.2, 0.25) is 0 Å². The van der Waals surface area contributed by atoms with Gasteiger partial charge in [-0.2, -0.15) is 0 Å². The number of hydrogen-bond donors (Lipinski definition) is 3. The van der Waals surface area contributed by atoms with Crippen LogP contribution in [0.25, 0.3) is 0 Å². The molecule has 1 unspecified atom stereocenters. The lowest BCUT2D eigenvalue weighted by molar-refractivity contribution is -0.119. The Morgan fingerprint density at radius 3 is 2.72 bits per heavy atom. The lowest BCUT2D eigenvalue weighted by Crippen LogP contribution is -2.36. The summed E-state index contributed by atoms with van der Waals surface area (Å²) in [7, 11) is -3.84. The van der Waals surface area contributed by atoms with E-state index in [1.54, 1.807) is 0 Å². The second-order valence-electron chi connectivity index (χ2n) is 4.01. The highest BCUT2D eigenvalue weighted by Crippen LogP contribution is 2.17. The Morgan fingerprint density at radius 1 is 1.44 bits per heavy atom. The van der Waals surface area contributed by atoms with Crippen LogP contribution in [-0.2, 0) is 14.8 Å². The molecule has 6 nitrogen and oxygen atoms in total. The number of carbonyl (C=O) groups is 1. The van der Waals surface area contributed by atoms with E-state index in [4.69, 9.17) is 5.73 Å². The normalized spacial score (nSPS) is 19.8. The number of rotatable bonds is 3. The number of hydrogen-bond acceptors (Lipinski definition) is 4. The Hall–Kier alpha value is -1.67. The first-order valence-electron chi connectivity index (χ1n) is 5.22. The summed E-state index contributed by atoms with van der Waals surface area (Å²) in [4.78, 5) is 10.7. The number of nitrogen functional groups attached to an aromatic ring is 1. The number of nitrogens with one attached hydrogen (secondary N) is 2. The SMILES string of the molecule is Nc1ccc(S(=O)(=O)NC2CNC(=O)C2)cc1F. The van der Waals surface area contributed by atoms with Crippen LogP contribution in [0.15, 0.2) is 23.1 Å². The molecule has 0 saturated carbocycles. The lowest BCUT2D eigenvalue weighted by atomic mass is 10.3. The van der Waals surface area contributed by atoms with Gasteiger partial charge in [-0.25, -0.2) is 17.5 Å². The molecule has 1 amide bonds. The van der Waals surface area contributed by atoms with E-state index in [1.165, 1.54) is 12.1 Å².